The Kier molecular flexibility index (Phi) is 6.64. The minimum absolute atomic E-state index is 0.332. The third-order valence-corrected chi connectivity index (χ3v) is 4.92. The SMILES string of the molecule is CCCCNS(=O)(=O)c1c(C)nn(CCCNC)c1C. The molecule has 1 heterocycles. The molecular weight excluding hydrogens is 276 g/mol. The summed E-state index contributed by atoms with van der Waals surface area (Å²) in [7, 11) is -1.56. The van der Waals surface area contributed by atoms with Gasteiger partial charge in [-0.2, -0.15) is 5.10 Å². The van der Waals surface area contributed by atoms with E-state index in [1.165, 1.54) is 0 Å². The van der Waals surface area contributed by atoms with Crippen LogP contribution in [0.4, 0.5) is 0 Å². The molecule has 1 aromatic rings. The predicted molar refractivity (Wildman–Crippen MR) is 80.3 cm³/mol. The first kappa shape index (κ1) is 17.1. The molecule has 116 valence electrons. The second-order valence-corrected chi connectivity index (χ2v) is 6.64. The number of hydrogen-bond donors (Lipinski definition) is 2. The summed E-state index contributed by atoms with van der Waals surface area (Å²) in [5, 5.41) is 7.42. The Bertz CT molecular complexity index is 523. The summed E-state index contributed by atoms with van der Waals surface area (Å²) in [4.78, 5) is 0.332. The van der Waals surface area contributed by atoms with Crippen LogP contribution in [0.3, 0.4) is 0 Å². The van der Waals surface area contributed by atoms with E-state index in [1.807, 2.05) is 20.9 Å². The number of aromatic nitrogens is 2. The molecule has 0 aliphatic carbocycles. The molecule has 0 aliphatic rings. The highest BCUT2D eigenvalue weighted by molar-refractivity contribution is 7.89. The van der Waals surface area contributed by atoms with Crippen LogP contribution in [0.15, 0.2) is 4.90 Å². The number of sulfonamides is 1. The van der Waals surface area contributed by atoms with Gasteiger partial charge in [0, 0.05) is 13.1 Å². The molecule has 1 aromatic heterocycles. The normalized spacial score (nSPS) is 12.0. The number of nitrogens with one attached hydrogen (secondary N) is 2. The molecule has 0 spiro atoms. The molecule has 2 N–H and O–H groups in total. The van der Waals surface area contributed by atoms with Gasteiger partial charge in [0.05, 0.1) is 11.4 Å². The fourth-order valence-corrected chi connectivity index (χ4v) is 3.63. The van der Waals surface area contributed by atoms with Gasteiger partial charge in [0.1, 0.15) is 4.90 Å². The van der Waals surface area contributed by atoms with Crippen LogP contribution < -0.4 is 10.0 Å². The Balaban J connectivity index is 2.89. The van der Waals surface area contributed by atoms with Crippen LogP contribution in [0.25, 0.3) is 0 Å². The maximum absolute atomic E-state index is 12.3. The first-order valence-corrected chi connectivity index (χ1v) is 8.60. The summed E-state index contributed by atoms with van der Waals surface area (Å²) in [5.41, 5.74) is 1.28. The van der Waals surface area contributed by atoms with Crippen LogP contribution in [0.5, 0.6) is 0 Å². The average molecular weight is 302 g/mol. The fourth-order valence-electron chi connectivity index (χ4n) is 2.15. The van der Waals surface area contributed by atoms with Crippen molar-refractivity contribution in [2.45, 2.75) is 51.5 Å². The molecule has 0 saturated carbocycles. The average Bonchev–Trinajstić information content (AvgIpc) is 2.65. The van der Waals surface area contributed by atoms with Crippen LogP contribution in [0.2, 0.25) is 0 Å². The van der Waals surface area contributed by atoms with Crippen molar-refractivity contribution in [2.75, 3.05) is 20.1 Å². The standard InChI is InChI=1S/C13H26N4O2S/c1-5-6-9-15-20(18,19)13-11(2)16-17(12(13)3)10-7-8-14-4/h14-15H,5-10H2,1-4H3. The quantitative estimate of drug-likeness (QED) is 0.672. The monoisotopic (exact) mass is 302 g/mol. The van der Waals surface area contributed by atoms with E-state index in [0.29, 0.717) is 22.8 Å². The minimum Gasteiger partial charge on any atom is -0.320 e. The molecule has 0 fully saturated rings. The Morgan fingerprint density at radius 3 is 2.50 bits per heavy atom. The highest BCUT2D eigenvalue weighted by atomic mass is 32.2. The van der Waals surface area contributed by atoms with E-state index in [-0.39, 0.29) is 0 Å². The fraction of sp³-hybridized carbons (Fsp3) is 0.769. The van der Waals surface area contributed by atoms with E-state index < -0.39 is 10.0 Å². The largest absolute Gasteiger partial charge is 0.320 e. The molecule has 20 heavy (non-hydrogen) atoms. The molecule has 0 bridgehead atoms. The summed E-state index contributed by atoms with van der Waals surface area (Å²) in [6.45, 7) is 7.67. The highest BCUT2D eigenvalue weighted by Gasteiger charge is 2.23. The zero-order valence-corrected chi connectivity index (χ0v) is 13.7. The van der Waals surface area contributed by atoms with Crippen LogP contribution in [-0.2, 0) is 16.6 Å². The van der Waals surface area contributed by atoms with E-state index >= 15 is 0 Å². The topological polar surface area (TPSA) is 76.0 Å². The number of aryl methyl sites for hydroxylation is 2. The lowest BCUT2D eigenvalue weighted by molar-refractivity contribution is 0.545. The molecule has 0 aromatic carbocycles. The van der Waals surface area contributed by atoms with E-state index in [1.54, 1.807) is 11.6 Å². The van der Waals surface area contributed by atoms with Crippen molar-refractivity contribution in [1.82, 2.24) is 19.8 Å². The maximum Gasteiger partial charge on any atom is 0.244 e. The van der Waals surface area contributed by atoms with Gasteiger partial charge in [0.25, 0.3) is 0 Å². The summed E-state index contributed by atoms with van der Waals surface area (Å²) in [5.74, 6) is 0. The van der Waals surface area contributed by atoms with Gasteiger partial charge in [-0.1, -0.05) is 13.3 Å². The molecule has 0 amide bonds. The molecular formula is C13H26N4O2S. The van der Waals surface area contributed by atoms with Gasteiger partial charge < -0.3 is 5.32 Å². The lowest BCUT2D eigenvalue weighted by atomic mass is 10.3. The van der Waals surface area contributed by atoms with E-state index in [0.717, 1.165) is 32.4 Å². The number of rotatable bonds is 9. The van der Waals surface area contributed by atoms with Gasteiger partial charge in [-0.05, 0) is 40.3 Å². The van der Waals surface area contributed by atoms with Gasteiger partial charge in [-0.15, -0.1) is 0 Å². The second kappa shape index (κ2) is 7.75. The van der Waals surface area contributed by atoms with Gasteiger partial charge in [0.15, 0.2) is 0 Å². The van der Waals surface area contributed by atoms with Crippen molar-refractivity contribution < 1.29 is 8.42 Å². The van der Waals surface area contributed by atoms with Crippen molar-refractivity contribution in [3.05, 3.63) is 11.4 Å². The highest BCUT2D eigenvalue weighted by Crippen LogP contribution is 2.19. The molecule has 6 nitrogen and oxygen atoms in total. The second-order valence-electron chi connectivity index (χ2n) is 4.93. The Labute approximate surface area is 122 Å². The Morgan fingerprint density at radius 1 is 1.20 bits per heavy atom. The summed E-state index contributed by atoms with van der Waals surface area (Å²) >= 11 is 0. The summed E-state index contributed by atoms with van der Waals surface area (Å²) in [6, 6.07) is 0. The lowest BCUT2D eigenvalue weighted by Gasteiger charge is -2.07. The third kappa shape index (κ3) is 4.29. The zero-order valence-electron chi connectivity index (χ0n) is 12.9. The van der Waals surface area contributed by atoms with Gasteiger partial charge in [-0.3, -0.25) is 4.68 Å². The van der Waals surface area contributed by atoms with Gasteiger partial charge in [0.2, 0.25) is 10.0 Å². The van der Waals surface area contributed by atoms with Crippen molar-refractivity contribution >= 4 is 10.0 Å². The van der Waals surface area contributed by atoms with E-state index in [2.05, 4.69) is 15.1 Å². The first-order valence-electron chi connectivity index (χ1n) is 7.12. The van der Waals surface area contributed by atoms with Crippen LogP contribution in [0, 0.1) is 13.8 Å². The van der Waals surface area contributed by atoms with Crippen molar-refractivity contribution in [1.29, 1.82) is 0 Å². The maximum atomic E-state index is 12.3. The summed E-state index contributed by atoms with van der Waals surface area (Å²) < 4.78 is 29.1. The number of nitrogens with zero attached hydrogens (tertiary/aromatic N) is 2. The van der Waals surface area contributed by atoms with Crippen molar-refractivity contribution in [3.8, 4) is 0 Å². The predicted octanol–water partition coefficient (Wildman–Crippen LogP) is 1.19. The molecule has 1 rings (SSSR count). The third-order valence-electron chi connectivity index (χ3n) is 3.20. The zero-order chi connectivity index (χ0) is 15.2. The van der Waals surface area contributed by atoms with E-state index in [9.17, 15) is 8.42 Å². The lowest BCUT2D eigenvalue weighted by Crippen LogP contribution is -2.25. The summed E-state index contributed by atoms with van der Waals surface area (Å²) in [6.07, 6.45) is 2.72. The Hall–Kier alpha value is -0.920. The number of unbranched alkanes of at least 4 members (excludes halogenated alkanes) is 1. The first-order chi connectivity index (χ1) is 9.44. The smallest absolute Gasteiger partial charge is 0.244 e. The van der Waals surface area contributed by atoms with Crippen LogP contribution in [0.1, 0.15) is 37.6 Å². The van der Waals surface area contributed by atoms with Crippen LogP contribution in [-0.4, -0.2) is 38.3 Å². The molecule has 0 aliphatic heterocycles. The molecule has 7 heteroatoms. The number of hydrogen-bond acceptors (Lipinski definition) is 4. The van der Waals surface area contributed by atoms with Gasteiger partial charge in [-0.25, -0.2) is 13.1 Å². The van der Waals surface area contributed by atoms with Crippen molar-refractivity contribution in [2.24, 2.45) is 0 Å². The minimum atomic E-state index is -3.45. The van der Waals surface area contributed by atoms with E-state index in [4.69, 9.17) is 0 Å². The molecule has 0 radical (unpaired) electrons. The molecule has 0 saturated heterocycles. The van der Waals surface area contributed by atoms with Crippen LogP contribution >= 0.6 is 0 Å². The van der Waals surface area contributed by atoms with Gasteiger partial charge >= 0.3 is 0 Å². The molecule has 0 unspecified atom stereocenters. The molecule has 0 atom stereocenters. The van der Waals surface area contributed by atoms with Crippen molar-refractivity contribution in [3.63, 3.8) is 0 Å². The Morgan fingerprint density at radius 2 is 1.90 bits per heavy atom.